The van der Waals surface area contributed by atoms with E-state index < -0.39 is 9.84 Å². The molecule has 0 aliphatic heterocycles. The Hall–Kier alpha value is -1.72. The Balaban J connectivity index is 2.29. The molecule has 0 aliphatic rings. The fourth-order valence-corrected chi connectivity index (χ4v) is 2.92. The van der Waals surface area contributed by atoms with Crippen molar-refractivity contribution >= 4 is 9.84 Å². The van der Waals surface area contributed by atoms with Crippen LogP contribution in [0.4, 0.5) is 4.39 Å². The van der Waals surface area contributed by atoms with Gasteiger partial charge < -0.3 is 5.32 Å². The van der Waals surface area contributed by atoms with E-state index in [-0.39, 0.29) is 11.9 Å². The molecule has 0 radical (unpaired) electrons. The number of sulfone groups is 1. The average Bonchev–Trinajstić information content (AvgIpc) is 2.44. The van der Waals surface area contributed by atoms with E-state index in [9.17, 15) is 12.8 Å². The number of benzene rings is 2. The summed E-state index contributed by atoms with van der Waals surface area (Å²) in [5.74, 6) is -0.271. The predicted molar refractivity (Wildman–Crippen MR) is 81.5 cm³/mol. The molecule has 0 saturated heterocycles. The number of rotatable bonds is 5. The molecule has 112 valence electrons. The van der Waals surface area contributed by atoms with Crippen LogP contribution in [-0.4, -0.2) is 21.7 Å². The van der Waals surface area contributed by atoms with E-state index in [2.05, 4.69) is 5.32 Å². The summed E-state index contributed by atoms with van der Waals surface area (Å²) < 4.78 is 36.5. The normalized spacial score (nSPS) is 13.1. The molecule has 0 heterocycles. The Labute approximate surface area is 124 Å². The highest BCUT2D eigenvalue weighted by Crippen LogP contribution is 2.21. The van der Waals surface area contributed by atoms with Crippen molar-refractivity contribution in [3.05, 3.63) is 65.5 Å². The number of halogens is 1. The van der Waals surface area contributed by atoms with Crippen molar-refractivity contribution in [1.82, 2.24) is 5.32 Å². The summed E-state index contributed by atoms with van der Waals surface area (Å²) in [5.41, 5.74) is 1.73. The minimum absolute atomic E-state index is 0.0755. The molecule has 1 atom stereocenters. The molecule has 1 N–H and O–H groups in total. The van der Waals surface area contributed by atoms with E-state index >= 15 is 0 Å². The van der Waals surface area contributed by atoms with Crippen molar-refractivity contribution in [2.24, 2.45) is 0 Å². The first-order chi connectivity index (χ1) is 9.90. The van der Waals surface area contributed by atoms with Gasteiger partial charge in [0.15, 0.2) is 9.84 Å². The van der Waals surface area contributed by atoms with E-state index in [1.807, 2.05) is 12.1 Å². The van der Waals surface area contributed by atoms with Gasteiger partial charge in [0, 0.05) is 12.3 Å². The van der Waals surface area contributed by atoms with Gasteiger partial charge in [0.05, 0.1) is 4.90 Å². The highest BCUT2D eigenvalue weighted by Gasteiger charge is 2.14. The largest absolute Gasteiger partial charge is 0.313 e. The van der Waals surface area contributed by atoms with Crippen LogP contribution >= 0.6 is 0 Å². The molecular weight excluding hydrogens is 289 g/mol. The third-order valence-electron chi connectivity index (χ3n) is 3.37. The van der Waals surface area contributed by atoms with Gasteiger partial charge in [-0.15, -0.1) is 0 Å². The molecule has 0 fully saturated rings. The van der Waals surface area contributed by atoms with E-state index in [1.54, 1.807) is 31.3 Å². The van der Waals surface area contributed by atoms with Gasteiger partial charge in [-0.3, -0.25) is 0 Å². The van der Waals surface area contributed by atoms with Crippen LogP contribution in [0.15, 0.2) is 53.4 Å². The van der Waals surface area contributed by atoms with Crippen LogP contribution in [0, 0.1) is 5.82 Å². The first-order valence-corrected chi connectivity index (χ1v) is 8.51. The summed E-state index contributed by atoms with van der Waals surface area (Å²) in [7, 11) is -1.43. The zero-order chi connectivity index (χ0) is 15.5. The Morgan fingerprint density at radius 3 is 2.48 bits per heavy atom. The molecular formula is C16H18FNO2S. The lowest BCUT2D eigenvalue weighted by atomic mass is 9.99. The van der Waals surface area contributed by atoms with Crippen LogP contribution in [0.3, 0.4) is 0 Å². The van der Waals surface area contributed by atoms with Crippen molar-refractivity contribution in [3.8, 4) is 0 Å². The molecule has 0 spiro atoms. The second-order valence-corrected chi connectivity index (χ2v) is 7.04. The molecule has 0 aromatic heterocycles. The summed E-state index contributed by atoms with van der Waals surface area (Å²) in [6.07, 6.45) is 1.77. The summed E-state index contributed by atoms with van der Waals surface area (Å²) in [5, 5.41) is 3.15. The Bertz CT molecular complexity index is 729. The maximum Gasteiger partial charge on any atom is 0.175 e. The molecule has 2 aromatic rings. The van der Waals surface area contributed by atoms with Crippen molar-refractivity contribution in [3.63, 3.8) is 0 Å². The van der Waals surface area contributed by atoms with E-state index in [0.29, 0.717) is 11.3 Å². The van der Waals surface area contributed by atoms with Crippen LogP contribution in [0.2, 0.25) is 0 Å². The number of hydrogen-bond acceptors (Lipinski definition) is 3. The molecule has 2 rings (SSSR count). The number of likely N-dealkylation sites (N-methyl/N-ethyl adjacent to an activating group) is 1. The van der Waals surface area contributed by atoms with Crippen molar-refractivity contribution in [2.45, 2.75) is 17.4 Å². The fourth-order valence-electron chi connectivity index (χ4n) is 2.25. The average molecular weight is 307 g/mol. The molecule has 0 bridgehead atoms. The number of nitrogens with one attached hydrogen (secondary N) is 1. The summed E-state index contributed by atoms with van der Waals surface area (Å²) in [6.45, 7) is 0. The topological polar surface area (TPSA) is 46.2 Å². The first-order valence-electron chi connectivity index (χ1n) is 6.62. The van der Waals surface area contributed by atoms with Gasteiger partial charge in [0.25, 0.3) is 0 Å². The van der Waals surface area contributed by atoms with Crippen molar-refractivity contribution in [2.75, 3.05) is 13.3 Å². The monoisotopic (exact) mass is 307 g/mol. The van der Waals surface area contributed by atoms with Crippen molar-refractivity contribution < 1.29 is 12.8 Å². The maximum atomic E-state index is 13.2. The van der Waals surface area contributed by atoms with Crippen LogP contribution in [0.25, 0.3) is 0 Å². The van der Waals surface area contributed by atoms with Gasteiger partial charge >= 0.3 is 0 Å². The predicted octanol–water partition coefficient (Wildman–Crippen LogP) is 2.73. The highest BCUT2D eigenvalue weighted by molar-refractivity contribution is 7.90. The summed E-state index contributed by atoms with van der Waals surface area (Å²) in [6, 6.07) is 13.2. The standard InChI is InChI=1S/C16H18FNO2S/c1-18-16(10-12-5-3-7-14(17)9-12)13-6-4-8-15(11-13)21(2,19)20/h3-9,11,16,18H,10H2,1-2H3. The number of hydrogen-bond donors (Lipinski definition) is 1. The van der Waals surface area contributed by atoms with Gasteiger partial charge in [-0.25, -0.2) is 12.8 Å². The highest BCUT2D eigenvalue weighted by atomic mass is 32.2. The zero-order valence-corrected chi connectivity index (χ0v) is 12.8. The summed E-state index contributed by atoms with van der Waals surface area (Å²) in [4.78, 5) is 0.291. The minimum atomic E-state index is -3.23. The first kappa shape index (κ1) is 15.7. The van der Waals surface area contributed by atoms with E-state index in [1.165, 1.54) is 18.4 Å². The molecule has 1 unspecified atom stereocenters. The molecule has 2 aromatic carbocycles. The molecule has 5 heteroatoms. The van der Waals surface area contributed by atoms with E-state index in [4.69, 9.17) is 0 Å². The SMILES string of the molecule is CNC(Cc1cccc(F)c1)c1cccc(S(C)(=O)=O)c1. The summed E-state index contributed by atoms with van der Waals surface area (Å²) >= 11 is 0. The smallest absolute Gasteiger partial charge is 0.175 e. The molecule has 0 aliphatic carbocycles. The lowest BCUT2D eigenvalue weighted by Gasteiger charge is -2.17. The molecule has 0 saturated carbocycles. The van der Waals surface area contributed by atoms with Crippen molar-refractivity contribution in [1.29, 1.82) is 0 Å². The Kier molecular flexibility index (Phi) is 4.75. The maximum absolute atomic E-state index is 13.2. The second-order valence-electron chi connectivity index (χ2n) is 5.02. The Morgan fingerprint density at radius 2 is 1.86 bits per heavy atom. The van der Waals surface area contributed by atoms with Gasteiger partial charge in [-0.05, 0) is 48.9 Å². The van der Waals surface area contributed by atoms with Gasteiger partial charge in [0.2, 0.25) is 0 Å². The minimum Gasteiger partial charge on any atom is -0.313 e. The molecule has 0 amide bonds. The Morgan fingerprint density at radius 1 is 1.14 bits per heavy atom. The van der Waals surface area contributed by atoms with Crippen LogP contribution in [0.1, 0.15) is 17.2 Å². The fraction of sp³-hybridized carbons (Fsp3) is 0.250. The van der Waals surface area contributed by atoms with Crippen LogP contribution < -0.4 is 5.32 Å². The lowest BCUT2D eigenvalue weighted by Crippen LogP contribution is -2.19. The third-order valence-corrected chi connectivity index (χ3v) is 4.48. The van der Waals surface area contributed by atoms with Gasteiger partial charge in [0.1, 0.15) is 5.82 Å². The zero-order valence-electron chi connectivity index (χ0n) is 12.0. The van der Waals surface area contributed by atoms with Crippen LogP contribution in [-0.2, 0) is 16.3 Å². The molecule has 3 nitrogen and oxygen atoms in total. The van der Waals surface area contributed by atoms with Crippen LogP contribution in [0.5, 0.6) is 0 Å². The van der Waals surface area contributed by atoms with Gasteiger partial charge in [-0.1, -0.05) is 24.3 Å². The second kappa shape index (κ2) is 6.37. The lowest BCUT2D eigenvalue weighted by molar-refractivity contribution is 0.581. The quantitative estimate of drug-likeness (QED) is 0.924. The third kappa shape index (κ3) is 4.12. The molecule has 21 heavy (non-hydrogen) atoms. The van der Waals surface area contributed by atoms with Gasteiger partial charge in [-0.2, -0.15) is 0 Å². The van der Waals surface area contributed by atoms with E-state index in [0.717, 1.165) is 11.1 Å².